The van der Waals surface area contributed by atoms with Crippen LogP contribution >= 0.6 is 11.6 Å². The van der Waals surface area contributed by atoms with Crippen LogP contribution in [0.3, 0.4) is 0 Å². The molecule has 0 aromatic heterocycles. The minimum atomic E-state index is -0.264. The van der Waals surface area contributed by atoms with Gasteiger partial charge < -0.3 is 15.1 Å². The fourth-order valence-electron chi connectivity index (χ4n) is 3.02. The summed E-state index contributed by atoms with van der Waals surface area (Å²) >= 11 is 6.13. The van der Waals surface area contributed by atoms with Gasteiger partial charge in [-0.2, -0.15) is 0 Å². The van der Waals surface area contributed by atoms with Gasteiger partial charge in [0.05, 0.1) is 10.6 Å². The Kier molecular flexibility index (Phi) is 7.46. The standard InChI is InChI=1S/C22H28ClN3O2/c1-6-21(27)26(15(2)3)14-16-13-17(11-12-20(16)25(4)5)24-22(28)18-9-7-8-10-19(18)23/h7-13,15H,6,14H2,1-5H3,(H,24,28). The number of carbonyl (C=O) groups excluding carboxylic acids is 2. The number of rotatable bonds is 7. The van der Waals surface area contributed by atoms with Gasteiger partial charge >= 0.3 is 0 Å². The maximum Gasteiger partial charge on any atom is 0.257 e. The van der Waals surface area contributed by atoms with Gasteiger partial charge in [0.2, 0.25) is 5.91 Å². The van der Waals surface area contributed by atoms with Crippen LogP contribution in [0.1, 0.15) is 43.1 Å². The van der Waals surface area contributed by atoms with E-state index in [1.54, 1.807) is 24.3 Å². The van der Waals surface area contributed by atoms with Crippen LogP contribution < -0.4 is 10.2 Å². The number of nitrogens with one attached hydrogen (secondary N) is 1. The van der Waals surface area contributed by atoms with Crippen molar-refractivity contribution in [2.75, 3.05) is 24.3 Å². The molecule has 0 atom stereocenters. The van der Waals surface area contributed by atoms with E-state index in [-0.39, 0.29) is 17.9 Å². The van der Waals surface area contributed by atoms with Crippen LogP contribution in [0.4, 0.5) is 11.4 Å². The third kappa shape index (κ3) is 5.26. The zero-order chi connectivity index (χ0) is 20.8. The van der Waals surface area contributed by atoms with Crippen molar-refractivity contribution in [1.29, 1.82) is 0 Å². The smallest absolute Gasteiger partial charge is 0.257 e. The molecule has 2 aromatic carbocycles. The Bertz CT molecular complexity index is 849. The van der Waals surface area contributed by atoms with Gasteiger partial charge in [-0.05, 0) is 49.7 Å². The van der Waals surface area contributed by atoms with E-state index >= 15 is 0 Å². The van der Waals surface area contributed by atoms with Crippen molar-refractivity contribution in [3.05, 3.63) is 58.6 Å². The predicted octanol–water partition coefficient (Wildman–Crippen LogP) is 4.81. The van der Waals surface area contributed by atoms with Crippen molar-refractivity contribution in [1.82, 2.24) is 4.90 Å². The van der Waals surface area contributed by atoms with Crippen LogP contribution in [0.15, 0.2) is 42.5 Å². The Morgan fingerprint density at radius 1 is 1.11 bits per heavy atom. The quantitative estimate of drug-likeness (QED) is 0.724. The largest absolute Gasteiger partial charge is 0.377 e. The van der Waals surface area contributed by atoms with Gasteiger partial charge in [0.1, 0.15) is 0 Å². The van der Waals surface area contributed by atoms with Crippen LogP contribution in [0.5, 0.6) is 0 Å². The van der Waals surface area contributed by atoms with Crippen LogP contribution in [0.2, 0.25) is 5.02 Å². The Morgan fingerprint density at radius 3 is 2.36 bits per heavy atom. The molecule has 0 fully saturated rings. The molecule has 0 radical (unpaired) electrons. The first-order chi connectivity index (χ1) is 13.2. The van der Waals surface area contributed by atoms with Crippen LogP contribution in [0, 0.1) is 0 Å². The zero-order valence-electron chi connectivity index (χ0n) is 17.1. The maximum atomic E-state index is 12.6. The number of carbonyl (C=O) groups is 2. The number of anilines is 2. The molecule has 0 aliphatic heterocycles. The second-order valence-electron chi connectivity index (χ2n) is 7.14. The summed E-state index contributed by atoms with van der Waals surface area (Å²) in [5.74, 6) is -0.162. The first-order valence-corrected chi connectivity index (χ1v) is 9.78. The summed E-state index contributed by atoms with van der Waals surface area (Å²) in [6, 6.07) is 12.8. The molecule has 6 heteroatoms. The predicted molar refractivity (Wildman–Crippen MR) is 116 cm³/mol. The number of amides is 2. The molecule has 0 aliphatic carbocycles. The van der Waals surface area contributed by atoms with Gasteiger partial charge in [0.25, 0.3) is 5.91 Å². The Hall–Kier alpha value is -2.53. The van der Waals surface area contributed by atoms with Crippen molar-refractivity contribution in [2.24, 2.45) is 0 Å². The number of nitrogens with zero attached hydrogens (tertiary/aromatic N) is 2. The van der Waals surface area contributed by atoms with E-state index in [1.165, 1.54) is 0 Å². The SMILES string of the molecule is CCC(=O)N(Cc1cc(NC(=O)c2ccccc2Cl)ccc1N(C)C)C(C)C. The van der Waals surface area contributed by atoms with Crippen LogP contribution in [-0.4, -0.2) is 36.9 Å². The molecule has 150 valence electrons. The first kappa shape index (κ1) is 21.8. The van der Waals surface area contributed by atoms with Crippen molar-refractivity contribution in [2.45, 2.75) is 39.8 Å². The van der Waals surface area contributed by atoms with Gasteiger partial charge in [-0.25, -0.2) is 0 Å². The van der Waals surface area contributed by atoms with Crippen molar-refractivity contribution in [3.63, 3.8) is 0 Å². The Balaban J connectivity index is 2.33. The number of halogens is 1. The third-order valence-electron chi connectivity index (χ3n) is 4.52. The van der Waals surface area contributed by atoms with Crippen molar-refractivity contribution in [3.8, 4) is 0 Å². The minimum Gasteiger partial charge on any atom is -0.377 e. The molecule has 0 bridgehead atoms. The van der Waals surface area contributed by atoms with E-state index in [2.05, 4.69) is 5.32 Å². The topological polar surface area (TPSA) is 52.7 Å². The first-order valence-electron chi connectivity index (χ1n) is 9.40. The summed E-state index contributed by atoms with van der Waals surface area (Å²) in [5.41, 5.74) is 3.06. The molecule has 0 spiro atoms. The molecule has 2 aromatic rings. The van der Waals surface area contributed by atoms with Gasteiger partial charge in [-0.1, -0.05) is 30.7 Å². The lowest BCUT2D eigenvalue weighted by Crippen LogP contribution is -2.36. The minimum absolute atomic E-state index is 0.0869. The van der Waals surface area contributed by atoms with Gasteiger partial charge in [-0.15, -0.1) is 0 Å². The third-order valence-corrected chi connectivity index (χ3v) is 4.85. The van der Waals surface area contributed by atoms with Gasteiger partial charge in [0.15, 0.2) is 0 Å². The number of benzene rings is 2. The second-order valence-corrected chi connectivity index (χ2v) is 7.55. The average molecular weight is 402 g/mol. The molecule has 0 heterocycles. The average Bonchev–Trinajstić information content (AvgIpc) is 2.65. The molecule has 0 aliphatic rings. The zero-order valence-corrected chi connectivity index (χ0v) is 17.9. The van der Waals surface area contributed by atoms with E-state index in [1.807, 2.05) is 62.9 Å². The van der Waals surface area contributed by atoms with Crippen molar-refractivity contribution < 1.29 is 9.59 Å². The second kappa shape index (κ2) is 9.60. The number of hydrogen-bond donors (Lipinski definition) is 1. The molecule has 1 N–H and O–H groups in total. The van der Waals surface area contributed by atoms with Crippen LogP contribution in [-0.2, 0) is 11.3 Å². The van der Waals surface area contributed by atoms with Gasteiger partial charge in [0, 0.05) is 44.5 Å². The molecular formula is C22H28ClN3O2. The molecular weight excluding hydrogens is 374 g/mol. The molecule has 2 rings (SSSR count). The summed E-state index contributed by atoms with van der Waals surface area (Å²) < 4.78 is 0. The molecule has 28 heavy (non-hydrogen) atoms. The monoisotopic (exact) mass is 401 g/mol. The highest BCUT2D eigenvalue weighted by molar-refractivity contribution is 6.34. The Labute approximate surface area is 172 Å². The van der Waals surface area contributed by atoms with E-state index < -0.39 is 0 Å². The van der Waals surface area contributed by atoms with Crippen molar-refractivity contribution >= 4 is 34.8 Å². The fraction of sp³-hybridized carbons (Fsp3) is 0.364. The highest BCUT2D eigenvalue weighted by Crippen LogP contribution is 2.26. The van der Waals surface area contributed by atoms with Crippen LogP contribution in [0.25, 0.3) is 0 Å². The number of hydrogen-bond acceptors (Lipinski definition) is 3. The summed E-state index contributed by atoms with van der Waals surface area (Å²) in [6.45, 7) is 6.36. The maximum absolute atomic E-state index is 12.6. The fourth-order valence-corrected chi connectivity index (χ4v) is 3.24. The van der Waals surface area contributed by atoms with Gasteiger partial charge in [-0.3, -0.25) is 9.59 Å². The summed E-state index contributed by atoms with van der Waals surface area (Å²) in [5, 5.41) is 3.31. The molecule has 2 amide bonds. The highest BCUT2D eigenvalue weighted by Gasteiger charge is 2.19. The Morgan fingerprint density at radius 2 is 1.79 bits per heavy atom. The molecule has 0 saturated carbocycles. The van der Waals surface area contributed by atoms with E-state index in [0.29, 0.717) is 29.2 Å². The summed E-state index contributed by atoms with van der Waals surface area (Å²) in [6.07, 6.45) is 0.457. The van der Waals surface area contributed by atoms with E-state index in [4.69, 9.17) is 11.6 Å². The molecule has 0 unspecified atom stereocenters. The normalized spacial score (nSPS) is 10.7. The summed E-state index contributed by atoms with van der Waals surface area (Å²) in [7, 11) is 3.92. The highest BCUT2D eigenvalue weighted by atomic mass is 35.5. The lowest BCUT2D eigenvalue weighted by Gasteiger charge is -2.29. The van der Waals surface area contributed by atoms with E-state index in [0.717, 1.165) is 11.3 Å². The molecule has 5 nitrogen and oxygen atoms in total. The van der Waals surface area contributed by atoms with E-state index in [9.17, 15) is 9.59 Å². The lowest BCUT2D eigenvalue weighted by molar-refractivity contribution is -0.133. The molecule has 0 saturated heterocycles. The summed E-state index contributed by atoms with van der Waals surface area (Å²) in [4.78, 5) is 28.8. The lowest BCUT2D eigenvalue weighted by atomic mass is 10.1.